The van der Waals surface area contributed by atoms with Crippen molar-refractivity contribution < 1.29 is 9.50 Å². The van der Waals surface area contributed by atoms with E-state index in [1.807, 2.05) is 6.92 Å². The first-order valence-corrected chi connectivity index (χ1v) is 4.17. The molecule has 2 rings (SSSR count). The maximum atomic E-state index is 12.9. The Kier molecular flexibility index (Phi) is 1.96. The Morgan fingerprint density at radius 3 is 2.86 bits per heavy atom. The molecule has 0 aliphatic carbocycles. The van der Waals surface area contributed by atoms with Crippen LogP contribution < -0.4 is 0 Å². The van der Waals surface area contributed by atoms with Gasteiger partial charge in [-0.25, -0.2) is 9.37 Å². The number of imidazole rings is 1. The van der Waals surface area contributed by atoms with E-state index in [1.54, 1.807) is 6.20 Å². The van der Waals surface area contributed by atoms with E-state index in [4.69, 9.17) is 0 Å². The molecule has 0 spiro atoms. The molecule has 2 N–H and O–H groups in total. The van der Waals surface area contributed by atoms with Gasteiger partial charge in [-0.1, -0.05) is 0 Å². The third-order valence-electron chi connectivity index (χ3n) is 1.92. The quantitative estimate of drug-likeness (QED) is 0.727. The normalized spacial score (nSPS) is 10.4. The molecular weight excluding hydrogens is 183 g/mol. The molecule has 3 nitrogen and oxygen atoms in total. The third-order valence-corrected chi connectivity index (χ3v) is 1.92. The topological polar surface area (TPSA) is 48.9 Å². The molecule has 0 aliphatic heterocycles. The lowest BCUT2D eigenvalue weighted by Gasteiger charge is -2.00. The number of aromatic hydroxyl groups is 1. The van der Waals surface area contributed by atoms with Gasteiger partial charge < -0.3 is 10.1 Å². The second-order valence-corrected chi connectivity index (χ2v) is 3.08. The molecule has 0 bridgehead atoms. The second-order valence-electron chi connectivity index (χ2n) is 3.08. The fraction of sp³-hybridized carbons (Fsp3) is 0.100. The molecule has 1 aromatic carbocycles. The molecule has 14 heavy (non-hydrogen) atoms. The highest BCUT2D eigenvalue weighted by molar-refractivity contribution is 5.63. The van der Waals surface area contributed by atoms with Gasteiger partial charge in [0.2, 0.25) is 0 Å². The molecule has 0 aliphatic rings. The van der Waals surface area contributed by atoms with Gasteiger partial charge >= 0.3 is 0 Å². The van der Waals surface area contributed by atoms with Crippen LogP contribution in [-0.2, 0) is 0 Å². The van der Waals surface area contributed by atoms with Gasteiger partial charge in [-0.2, -0.15) is 0 Å². The van der Waals surface area contributed by atoms with Crippen molar-refractivity contribution in [3.63, 3.8) is 0 Å². The van der Waals surface area contributed by atoms with Gasteiger partial charge in [0.05, 0.1) is 5.56 Å². The third kappa shape index (κ3) is 1.46. The first kappa shape index (κ1) is 8.74. The minimum atomic E-state index is -0.396. The van der Waals surface area contributed by atoms with Crippen LogP contribution in [0.15, 0.2) is 24.4 Å². The largest absolute Gasteiger partial charge is 0.507 e. The molecular formula is C10H9FN2O. The van der Waals surface area contributed by atoms with Crippen molar-refractivity contribution in [3.8, 4) is 17.1 Å². The summed E-state index contributed by atoms with van der Waals surface area (Å²) in [5.41, 5.74) is 1.24. The van der Waals surface area contributed by atoms with E-state index in [9.17, 15) is 9.50 Å². The zero-order chi connectivity index (χ0) is 10.1. The SMILES string of the molecule is Cc1cnc(-c2cc(F)ccc2O)[nH]1. The van der Waals surface area contributed by atoms with Crippen LogP contribution in [0.3, 0.4) is 0 Å². The average molecular weight is 192 g/mol. The second kappa shape index (κ2) is 3.14. The number of rotatable bonds is 1. The van der Waals surface area contributed by atoms with E-state index >= 15 is 0 Å². The highest BCUT2D eigenvalue weighted by Crippen LogP contribution is 2.27. The lowest BCUT2D eigenvalue weighted by atomic mass is 10.2. The van der Waals surface area contributed by atoms with Crippen molar-refractivity contribution in [2.45, 2.75) is 6.92 Å². The number of benzene rings is 1. The molecule has 0 fully saturated rings. The van der Waals surface area contributed by atoms with Crippen LogP contribution in [0.2, 0.25) is 0 Å². The smallest absolute Gasteiger partial charge is 0.141 e. The Balaban J connectivity index is 2.55. The Morgan fingerprint density at radius 2 is 2.21 bits per heavy atom. The molecule has 0 atom stereocenters. The predicted octanol–water partition coefficient (Wildman–Crippen LogP) is 2.23. The summed E-state index contributed by atoms with van der Waals surface area (Å²) in [5.74, 6) is 0.0899. The van der Waals surface area contributed by atoms with E-state index in [2.05, 4.69) is 9.97 Å². The van der Waals surface area contributed by atoms with Crippen LogP contribution in [0.25, 0.3) is 11.4 Å². The van der Waals surface area contributed by atoms with E-state index in [0.29, 0.717) is 11.4 Å². The van der Waals surface area contributed by atoms with Crippen LogP contribution in [0.4, 0.5) is 4.39 Å². The number of phenols is 1. The van der Waals surface area contributed by atoms with Crippen LogP contribution in [0.1, 0.15) is 5.69 Å². The molecule has 0 radical (unpaired) electrons. The predicted molar refractivity (Wildman–Crippen MR) is 50.4 cm³/mol. The van der Waals surface area contributed by atoms with Crippen molar-refractivity contribution >= 4 is 0 Å². The monoisotopic (exact) mass is 192 g/mol. The summed E-state index contributed by atoms with van der Waals surface area (Å²) in [4.78, 5) is 6.93. The number of aryl methyl sites for hydroxylation is 1. The van der Waals surface area contributed by atoms with Gasteiger partial charge in [0, 0.05) is 11.9 Å². The van der Waals surface area contributed by atoms with Gasteiger partial charge in [0.25, 0.3) is 0 Å². The number of phenolic OH excluding ortho intramolecular Hbond substituents is 1. The minimum Gasteiger partial charge on any atom is -0.507 e. The number of nitrogens with one attached hydrogen (secondary N) is 1. The Morgan fingerprint density at radius 1 is 1.43 bits per heavy atom. The molecule has 0 unspecified atom stereocenters. The summed E-state index contributed by atoms with van der Waals surface area (Å²) in [5, 5.41) is 9.47. The molecule has 0 saturated carbocycles. The summed E-state index contributed by atoms with van der Waals surface area (Å²) < 4.78 is 12.9. The molecule has 4 heteroatoms. The van der Waals surface area contributed by atoms with Crippen molar-refractivity contribution in [2.75, 3.05) is 0 Å². The molecule has 1 heterocycles. The Hall–Kier alpha value is -1.84. The lowest BCUT2D eigenvalue weighted by molar-refractivity contribution is 0.475. The van der Waals surface area contributed by atoms with Crippen LogP contribution in [0, 0.1) is 12.7 Å². The fourth-order valence-corrected chi connectivity index (χ4v) is 1.25. The van der Waals surface area contributed by atoms with E-state index in [1.165, 1.54) is 18.2 Å². The minimum absolute atomic E-state index is 0.0146. The van der Waals surface area contributed by atoms with Crippen molar-refractivity contribution in [1.29, 1.82) is 0 Å². The maximum absolute atomic E-state index is 12.9. The number of hydrogen-bond acceptors (Lipinski definition) is 2. The molecule has 1 aromatic heterocycles. The summed E-state index contributed by atoms with van der Waals surface area (Å²) >= 11 is 0. The van der Waals surface area contributed by atoms with Crippen molar-refractivity contribution in [3.05, 3.63) is 35.9 Å². The Labute approximate surface area is 80.2 Å². The van der Waals surface area contributed by atoms with E-state index in [-0.39, 0.29) is 5.75 Å². The first-order chi connectivity index (χ1) is 6.66. The number of halogens is 1. The van der Waals surface area contributed by atoms with Gasteiger partial charge in [0.1, 0.15) is 17.4 Å². The highest BCUT2D eigenvalue weighted by Gasteiger charge is 2.08. The molecule has 72 valence electrons. The number of nitrogens with zero attached hydrogens (tertiary/aromatic N) is 1. The molecule has 2 aromatic rings. The molecule has 0 saturated heterocycles. The highest BCUT2D eigenvalue weighted by atomic mass is 19.1. The van der Waals surface area contributed by atoms with Gasteiger partial charge in [-0.3, -0.25) is 0 Å². The zero-order valence-corrected chi connectivity index (χ0v) is 7.58. The summed E-state index contributed by atoms with van der Waals surface area (Å²) in [6.45, 7) is 1.84. The van der Waals surface area contributed by atoms with Gasteiger partial charge in [0.15, 0.2) is 0 Å². The summed E-state index contributed by atoms with van der Waals surface area (Å²) in [6.07, 6.45) is 1.62. The number of H-pyrrole nitrogens is 1. The van der Waals surface area contributed by atoms with E-state index < -0.39 is 5.82 Å². The number of hydrogen-bond donors (Lipinski definition) is 2. The van der Waals surface area contributed by atoms with Crippen molar-refractivity contribution in [2.24, 2.45) is 0 Å². The standard InChI is InChI=1S/C10H9FN2O/c1-6-5-12-10(13-6)8-4-7(11)2-3-9(8)14/h2-5,14H,1H3,(H,12,13). The first-order valence-electron chi connectivity index (χ1n) is 4.17. The van der Waals surface area contributed by atoms with Gasteiger partial charge in [-0.15, -0.1) is 0 Å². The zero-order valence-electron chi connectivity index (χ0n) is 7.58. The van der Waals surface area contributed by atoms with Crippen LogP contribution >= 0.6 is 0 Å². The number of aromatic nitrogens is 2. The van der Waals surface area contributed by atoms with E-state index in [0.717, 1.165) is 5.69 Å². The van der Waals surface area contributed by atoms with Gasteiger partial charge in [-0.05, 0) is 25.1 Å². The van der Waals surface area contributed by atoms with Crippen molar-refractivity contribution in [1.82, 2.24) is 9.97 Å². The maximum Gasteiger partial charge on any atom is 0.141 e. The summed E-state index contributed by atoms with van der Waals surface area (Å²) in [6, 6.07) is 3.75. The summed E-state index contributed by atoms with van der Waals surface area (Å²) in [7, 11) is 0. The Bertz CT molecular complexity index is 465. The average Bonchev–Trinajstić information content (AvgIpc) is 2.56. The fourth-order valence-electron chi connectivity index (χ4n) is 1.25. The van der Waals surface area contributed by atoms with Crippen LogP contribution in [0.5, 0.6) is 5.75 Å². The molecule has 0 amide bonds. The van der Waals surface area contributed by atoms with Crippen LogP contribution in [-0.4, -0.2) is 15.1 Å². The lowest BCUT2D eigenvalue weighted by Crippen LogP contribution is -1.83. The number of aromatic amines is 1.